The molecule has 1 fully saturated rings. The first kappa shape index (κ1) is 17.9. The molecular weight excluding hydrogens is 319 g/mol. The van der Waals surface area contributed by atoms with E-state index in [1.807, 2.05) is 0 Å². The maximum atomic E-state index is 13.3. The summed E-state index contributed by atoms with van der Waals surface area (Å²) in [5.41, 5.74) is 1.09. The Morgan fingerprint density at radius 2 is 1.96 bits per heavy atom. The van der Waals surface area contributed by atoms with E-state index in [0.717, 1.165) is 43.9 Å². The molecule has 23 heavy (non-hydrogen) atoms. The van der Waals surface area contributed by atoms with Gasteiger partial charge in [-0.05, 0) is 37.5 Å². The molecule has 0 bridgehead atoms. The third kappa shape index (κ3) is 5.00. The largest absolute Gasteiger partial charge is 0.325 e. The van der Waals surface area contributed by atoms with Crippen LogP contribution in [0.5, 0.6) is 0 Å². The van der Waals surface area contributed by atoms with Crippen LogP contribution in [0.1, 0.15) is 37.7 Å². The first-order valence-electron chi connectivity index (χ1n) is 7.80. The highest BCUT2D eigenvalue weighted by Crippen LogP contribution is 2.24. The minimum absolute atomic E-state index is 0.127. The molecule has 1 saturated carbocycles. The number of anilines is 1. The van der Waals surface area contributed by atoms with Crippen LogP contribution in [-0.4, -0.2) is 37.5 Å². The van der Waals surface area contributed by atoms with Crippen molar-refractivity contribution in [3.05, 3.63) is 29.6 Å². The number of rotatable bonds is 5. The van der Waals surface area contributed by atoms with Crippen LogP contribution in [0, 0.1) is 12.7 Å². The van der Waals surface area contributed by atoms with Crippen molar-refractivity contribution in [3.8, 4) is 0 Å². The Morgan fingerprint density at radius 3 is 2.57 bits per heavy atom. The van der Waals surface area contributed by atoms with Crippen molar-refractivity contribution in [1.82, 2.24) is 4.31 Å². The highest BCUT2D eigenvalue weighted by atomic mass is 32.2. The number of nitrogens with one attached hydrogen (secondary N) is 1. The summed E-state index contributed by atoms with van der Waals surface area (Å²) in [5.74, 6) is -0.896. The summed E-state index contributed by atoms with van der Waals surface area (Å²) in [4.78, 5) is 12.2. The van der Waals surface area contributed by atoms with Crippen LogP contribution < -0.4 is 5.32 Å². The summed E-state index contributed by atoms with van der Waals surface area (Å²) >= 11 is 0. The van der Waals surface area contributed by atoms with Gasteiger partial charge in [0.25, 0.3) is 0 Å². The molecule has 1 aliphatic rings. The zero-order valence-corrected chi connectivity index (χ0v) is 14.3. The summed E-state index contributed by atoms with van der Waals surface area (Å²) in [6.45, 7) is 1.52. The van der Waals surface area contributed by atoms with E-state index in [0.29, 0.717) is 5.69 Å². The number of nitrogens with zero attached hydrogens (tertiary/aromatic N) is 1. The molecule has 0 aromatic heterocycles. The molecular formula is C16H23FN2O3S. The van der Waals surface area contributed by atoms with Crippen LogP contribution in [0.2, 0.25) is 0 Å². The Balaban J connectivity index is 2.09. The Morgan fingerprint density at radius 1 is 1.30 bits per heavy atom. The SMILES string of the molecule is Cc1ccc(F)cc1NC(=O)CN(C1CCCCC1)S(C)(=O)=O. The zero-order valence-electron chi connectivity index (χ0n) is 13.5. The summed E-state index contributed by atoms with van der Waals surface area (Å²) in [6, 6.07) is 3.99. The van der Waals surface area contributed by atoms with Gasteiger partial charge in [-0.1, -0.05) is 25.3 Å². The lowest BCUT2D eigenvalue weighted by Gasteiger charge is -2.31. The minimum Gasteiger partial charge on any atom is -0.325 e. The molecule has 0 spiro atoms. The van der Waals surface area contributed by atoms with Crippen LogP contribution in [0.25, 0.3) is 0 Å². The van der Waals surface area contributed by atoms with Crippen molar-refractivity contribution in [1.29, 1.82) is 0 Å². The van der Waals surface area contributed by atoms with Gasteiger partial charge in [-0.3, -0.25) is 4.79 Å². The van der Waals surface area contributed by atoms with Gasteiger partial charge in [-0.15, -0.1) is 0 Å². The van der Waals surface area contributed by atoms with E-state index in [1.165, 1.54) is 16.4 Å². The predicted octanol–water partition coefficient (Wildman–Crippen LogP) is 2.67. The van der Waals surface area contributed by atoms with Crippen molar-refractivity contribution in [3.63, 3.8) is 0 Å². The number of carbonyl (C=O) groups is 1. The van der Waals surface area contributed by atoms with Crippen LogP contribution in [-0.2, 0) is 14.8 Å². The second-order valence-electron chi connectivity index (χ2n) is 6.11. The summed E-state index contributed by atoms with van der Waals surface area (Å²) < 4.78 is 38.6. The summed E-state index contributed by atoms with van der Waals surface area (Å²) in [7, 11) is -3.47. The van der Waals surface area contributed by atoms with Gasteiger partial charge in [0.05, 0.1) is 12.8 Å². The monoisotopic (exact) mass is 342 g/mol. The summed E-state index contributed by atoms with van der Waals surface area (Å²) in [5, 5.41) is 2.61. The number of benzene rings is 1. The molecule has 2 rings (SSSR count). The highest BCUT2D eigenvalue weighted by molar-refractivity contribution is 7.88. The molecule has 1 aromatic rings. The van der Waals surface area contributed by atoms with Crippen LogP contribution in [0.3, 0.4) is 0 Å². The molecule has 1 N–H and O–H groups in total. The van der Waals surface area contributed by atoms with E-state index < -0.39 is 21.7 Å². The standard InChI is InChI=1S/C16H23FN2O3S/c1-12-8-9-13(17)10-15(12)18-16(20)11-19(23(2,21)22)14-6-4-3-5-7-14/h8-10,14H,3-7,11H2,1-2H3,(H,18,20). The summed E-state index contributed by atoms with van der Waals surface area (Å²) in [6.07, 6.45) is 5.73. The molecule has 0 heterocycles. The highest BCUT2D eigenvalue weighted by Gasteiger charge is 2.29. The number of halogens is 1. The topological polar surface area (TPSA) is 66.5 Å². The normalized spacial score (nSPS) is 16.5. The predicted molar refractivity (Wildman–Crippen MR) is 88.2 cm³/mol. The first-order chi connectivity index (χ1) is 10.8. The second kappa shape index (κ2) is 7.40. The molecule has 0 unspecified atom stereocenters. The average molecular weight is 342 g/mol. The van der Waals surface area contributed by atoms with Crippen LogP contribution in [0.4, 0.5) is 10.1 Å². The van der Waals surface area contributed by atoms with Crippen molar-refractivity contribution in [2.75, 3.05) is 18.1 Å². The molecule has 1 aliphatic carbocycles. The minimum atomic E-state index is -3.47. The number of aryl methyl sites for hydroxylation is 1. The Kier molecular flexibility index (Phi) is 5.75. The number of hydrogen-bond donors (Lipinski definition) is 1. The van der Waals surface area contributed by atoms with Crippen molar-refractivity contribution < 1.29 is 17.6 Å². The van der Waals surface area contributed by atoms with Gasteiger partial charge in [0, 0.05) is 11.7 Å². The smallest absolute Gasteiger partial charge is 0.239 e. The van der Waals surface area contributed by atoms with Gasteiger partial charge in [-0.2, -0.15) is 4.31 Å². The van der Waals surface area contributed by atoms with Crippen molar-refractivity contribution >= 4 is 21.6 Å². The van der Waals surface area contributed by atoms with Crippen molar-refractivity contribution in [2.45, 2.75) is 45.1 Å². The number of hydrogen-bond acceptors (Lipinski definition) is 3. The molecule has 128 valence electrons. The van der Waals surface area contributed by atoms with E-state index in [1.54, 1.807) is 13.0 Å². The molecule has 0 aliphatic heterocycles. The number of sulfonamides is 1. The number of carbonyl (C=O) groups excluding carboxylic acids is 1. The van der Waals surface area contributed by atoms with Gasteiger partial charge in [0.2, 0.25) is 15.9 Å². The maximum absolute atomic E-state index is 13.3. The lowest BCUT2D eigenvalue weighted by atomic mass is 9.95. The van der Waals surface area contributed by atoms with Crippen molar-refractivity contribution in [2.24, 2.45) is 0 Å². The van der Waals surface area contributed by atoms with Gasteiger partial charge >= 0.3 is 0 Å². The fourth-order valence-corrected chi connectivity index (χ4v) is 4.05. The van der Waals surface area contributed by atoms with Gasteiger partial charge in [0.1, 0.15) is 5.82 Å². The molecule has 1 aromatic carbocycles. The van der Waals surface area contributed by atoms with E-state index >= 15 is 0 Å². The van der Waals surface area contributed by atoms with E-state index in [2.05, 4.69) is 5.32 Å². The molecule has 5 nitrogen and oxygen atoms in total. The Hall–Kier alpha value is -1.47. The maximum Gasteiger partial charge on any atom is 0.239 e. The lowest BCUT2D eigenvalue weighted by Crippen LogP contribution is -2.45. The first-order valence-corrected chi connectivity index (χ1v) is 9.65. The zero-order chi connectivity index (χ0) is 17.0. The average Bonchev–Trinajstić information content (AvgIpc) is 2.48. The quantitative estimate of drug-likeness (QED) is 0.894. The molecule has 0 radical (unpaired) electrons. The van der Waals surface area contributed by atoms with Gasteiger partial charge in [-0.25, -0.2) is 12.8 Å². The molecule has 0 atom stereocenters. The lowest BCUT2D eigenvalue weighted by molar-refractivity contribution is -0.116. The van der Waals surface area contributed by atoms with E-state index in [9.17, 15) is 17.6 Å². The second-order valence-corrected chi connectivity index (χ2v) is 8.04. The molecule has 7 heteroatoms. The fourth-order valence-electron chi connectivity index (χ4n) is 2.95. The fraction of sp³-hybridized carbons (Fsp3) is 0.562. The third-order valence-electron chi connectivity index (χ3n) is 4.18. The van der Waals surface area contributed by atoms with Gasteiger partial charge in [0.15, 0.2) is 0 Å². The molecule has 1 amide bonds. The Bertz CT molecular complexity index is 670. The van der Waals surface area contributed by atoms with Gasteiger partial charge < -0.3 is 5.32 Å². The third-order valence-corrected chi connectivity index (χ3v) is 5.46. The van der Waals surface area contributed by atoms with Crippen LogP contribution in [0.15, 0.2) is 18.2 Å². The molecule has 0 saturated heterocycles. The Labute approximate surface area is 136 Å². The number of amides is 1. The van der Waals surface area contributed by atoms with Crippen LogP contribution >= 0.6 is 0 Å². The van der Waals surface area contributed by atoms with E-state index in [-0.39, 0.29) is 12.6 Å². The van der Waals surface area contributed by atoms with E-state index in [4.69, 9.17) is 0 Å².